The number of hydrogen-bond acceptors (Lipinski definition) is 2. The summed E-state index contributed by atoms with van der Waals surface area (Å²) >= 11 is 0. The normalized spacial score (nSPS) is 30.5. The SMILES string of the molecule is C.CNCC1(C)CCCNCC1. The van der Waals surface area contributed by atoms with E-state index in [4.69, 9.17) is 0 Å². The van der Waals surface area contributed by atoms with Crippen molar-refractivity contribution in [2.24, 2.45) is 5.41 Å². The minimum Gasteiger partial charge on any atom is -0.319 e. The summed E-state index contributed by atoms with van der Waals surface area (Å²) in [7, 11) is 2.05. The summed E-state index contributed by atoms with van der Waals surface area (Å²) < 4.78 is 0. The number of rotatable bonds is 2. The maximum atomic E-state index is 3.43. The van der Waals surface area contributed by atoms with Crippen LogP contribution in [0, 0.1) is 5.41 Å². The Balaban J connectivity index is 0.00000121. The lowest BCUT2D eigenvalue weighted by Crippen LogP contribution is -2.30. The number of nitrogens with one attached hydrogen (secondary N) is 2. The zero-order valence-corrected chi connectivity index (χ0v) is 7.74. The Morgan fingerprint density at radius 3 is 2.75 bits per heavy atom. The topological polar surface area (TPSA) is 24.1 Å². The molecule has 1 fully saturated rings. The van der Waals surface area contributed by atoms with E-state index in [9.17, 15) is 0 Å². The van der Waals surface area contributed by atoms with Crippen molar-refractivity contribution in [2.75, 3.05) is 26.7 Å². The molecule has 2 heteroatoms. The standard InChI is InChI=1S/C9H20N2.CH4/c1-9(8-10-2)4-3-6-11-7-5-9;/h10-11H,3-8H2,1-2H3;1H4. The third kappa shape index (κ3) is 3.55. The van der Waals surface area contributed by atoms with E-state index in [0.29, 0.717) is 5.41 Å². The van der Waals surface area contributed by atoms with Gasteiger partial charge in [-0.1, -0.05) is 14.4 Å². The van der Waals surface area contributed by atoms with E-state index in [1.165, 1.54) is 32.4 Å². The van der Waals surface area contributed by atoms with Gasteiger partial charge in [-0.2, -0.15) is 0 Å². The Bertz CT molecular complexity index is 104. The van der Waals surface area contributed by atoms with Crippen LogP contribution in [0.15, 0.2) is 0 Å². The molecule has 1 aliphatic rings. The van der Waals surface area contributed by atoms with E-state index in [2.05, 4.69) is 17.6 Å². The van der Waals surface area contributed by atoms with Crippen LogP contribution in [-0.2, 0) is 0 Å². The van der Waals surface area contributed by atoms with Gasteiger partial charge in [0.15, 0.2) is 0 Å². The maximum Gasteiger partial charge on any atom is 0.000264 e. The molecule has 1 unspecified atom stereocenters. The molecule has 1 atom stereocenters. The Labute approximate surface area is 77.1 Å². The fourth-order valence-corrected chi connectivity index (χ4v) is 1.88. The van der Waals surface area contributed by atoms with Gasteiger partial charge in [-0.05, 0) is 44.8 Å². The van der Waals surface area contributed by atoms with Crippen LogP contribution in [0.25, 0.3) is 0 Å². The Morgan fingerprint density at radius 1 is 1.33 bits per heavy atom. The van der Waals surface area contributed by atoms with Crippen molar-refractivity contribution in [3.63, 3.8) is 0 Å². The van der Waals surface area contributed by atoms with E-state index >= 15 is 0 Å². The second-order valence-electron chi connectivity index (χ2n) is 3.94. The third-order valence-corrected chi connectivity index (χ3v) is 2.64. The second-order valence-corrected chi connectivity index (χ2v) is 3.94. The monoisotopic (exact) mass is 172 g/mol. The highest BCUT2D eigenvalue weighted by Gasteiger charge is 2.23. The highest BCUT2D eigenvalue weighted by atomic mass is 14.9. The van der Waals surface area contributed by atoms with Gasteiger partial charge in [-0.25, -0.2) is 0 Å². The van der Waals surface area contributed by atoms with Crippen molar-refractivity contribution in [3.8, 4) is 0 Å². The molecule has 74 valence electrons. The van der Waals surface area contributed by atoms with Crippen LogP contribution < -0.4 is 10.6 Å². The molecule has 1 heterocycles. The molecule has 1 rings (SSSR count). The molecule has 0 saturated carbocycles. The van der Waals surface area contributed by atoms with Crippen molar-refractivity contribution in [3.05, 3.63) is 0 Å². The Kier molecular flexibility index (Phi) is 5.51. The molecule has 2 N–H and O–H groups in total. The zero-order chi connectivity index (χ0) is 8.16. The first-order valence-electron chi connectivity index (χ1n) is 4.62. The summed E-state index contributed by atoms with van der Waals surface area (Å²) in [4.78, 5) is 0. The fourth-order valence-electron chi connectivity index (χ4n) is 1.88. The zero-order valence-electron chi connectivity index (χ0n) is 7.74. The van der Waals surface area contributed by atoms with Crippen LogP contribution in [0.4, 0.5) is 0 Å². The van der Waals surface area contributed by atoms with Crippen molar-refractivity contribution >= 4 is 0 Å². The van der Waals surface area contributed by atoms with Crippen molar-refractivity contribution in [1.29, 1.82) is 0 Å². The van der Waals surface area contributed by atoms with Gasteiger partial charge in [0, 0.05) is 6.54 Å². The second kappa shape index (κ2) is 5.55. The van der Waals surface area contributed by atoms with Crippen molar-refractivity contribution in [1.82, 2.24) is 10.6 Å². The quantitative estimate of drug-likeness (QED) is 0.661. The minimum atomic E-state index is 0. The van der Waals surface area contributed by atoms with E-state index in [1.54, 1.807) is 0 Å². The molecule has 0 spiro atoms. The molecule has 0 amide bonds. The molecule has 0 radical (unpaired) electrons. The molecule has 1 aliphatic heterocycles. The smallest absolute Gasteiger partial charge is 0.000264 e. The lowest BCUT2D eigenvalue weighted by atomic mass is 9.83. The van der Waals surface area contributed by atoms with Gasteiger partial charge in [-0.15, -0.1) is 0 Å². The van der Waals surface area contributed by atoms with E-state index in [-0.39, 0.29) is 7.43 Å². The van der Waals surface area contributed by atoms with E-state index in [1.807, 2.05) is 7.05 Å². The highest BCUT2D eigenvalue weighted by molar-refractivity contribution is 4.79. The first-order valence-corrected chi connectivity index (χ1v) is 4.62. The fraction of sp³-hybridized carbons (Fsp3) is 1.00. The summed E-state index contributed by atoms with van der Waals surface area (Å²) in [6, 6.07) is 0. The van der Waals surface area contributed by atoms with Crippen LogP contribution in [0.2, 0.25) is 0 Å². The molecule has 0 aliphatic carbocycles. The van der Waals surface area contributed by atoms with Crippen LogP contribution in [-0.4, -0.2) is 26.7 Å². The predicted molar refractivity (Wildman–Crippen MR) is 55.5 cm³/mol. The summed E-state index contributed by atoms with van der Waals surface area (Å²) in [5.74, 6) is 0. The minimum absolute atomic E-state index is 0. The summed E-state index contributed by atoms with van der Waals surface area (Å²) in [5.41, 5.74) is 0.540. The van der Waals surface area contributed by atoms with Gasteiger partial charge in [0.2, 0.25) is 0 Å². The summed E-state index contributed by atoms with van der Waals surface area (Å²) in [6.45, 7) is 5.95. The van der Waals surface area contributed by atoms with Gasteiger partial charge >= 0.3 is 0 Å². The first kappa shape index (κ1) is 11.9. The van der Waals surface area contributed by atoms with Gasteiger partial charge in [0.25, 0.3) is 0 Å². The summed E-state index contributed by atoms with van der Waals surface area (Å²) in [6.07, 6.45) is 4.01. The third-order valence-electron chi connectivity index (χ3n) is 2.64. The molecule has 0 aromatic heterocycles. The number of hydrogen-bond donors (Lipinski definition) is 2. The molecule has 0 bridgehead atoms. The average Bonchev–Trinajstić information content (AvgIpc) is 2.15. The molecule has 0 aromatic carbocycles. The Morgan fingerprint density at radius 2 is 2.08 bits per heavy atom. The summed E-state index contributed by atoms with van der Waals surface area (Å²) in [5, 5.41) is 6.71. The lowest BCUT2D eigenvalue weighted by molar-refractivity contribution is 0.278. The average molecular weight is 172 g/mol. The molecular weight excluding hydrogens is 148 g/mol. The van der Waals surface area contributed by atoms with Crippen LogP contribution >= 0.6 is 0 Å². The van der Waals surface area contributed by atoms with Crippen LogP contribution in [0.3, 0.4) is 0 Å². The maximum absolute atomic E-state index is 3.43. The Hall–Kier alpha value is -0.0800. The van der Waals surface area contributed by atoms with Gasteiger partial charge in [-0.3, -0.25) is 0 Å². The van der Waals surface area contributed by atoms with Gasteiger partial charge < -0.3 is 10.6 Å². The van der Waals surface area contributed by atoms with Crippen LogP contribution in [0.5, 0.6) is 0 Å². The van der Waals surface area contributed by atoms with Crippen molar-refractivity contribution in [2.45, 2.75) is 33.6 Å². The molecule has 0 aromatic rings. The van der Waals surface area contributed by atoms with E-state index in [0.717, 1.165) is 6.54 Å². The molecule has 12 heavy (non-hydrogen) atoms. The lowest BCUT2D eigenvalue weighted by Gasteiger charge is -2.27. The molecule has 2 nitrogen and oxygen atoms in total. The van der Waals surface area contributed by atoms with Crippen LogP contribution in [0.1, 0.15) is 33.6 Å². The van der Waals surface area contributed by atoms with Gasteiger partial charge in [0.05, 0.1) is 0 Å². The van der Waals surface area contributed by atoms with Gasteiger partial charge in [0.1, 0.15) is 0 Å². The molecule has 1 saturated heterocycles. The van der Waals surface area contributed by atoms with Crippen molar-refractivity contribution < 1.29 is 0 Å². The first-order chi connectivity index (χ1) is 5.27. The van der Waals surface area contributed by atoms with E-state index < -0.39 is 0 Å². The predicted octanol–water partition coefficient (Wildman–Crippen LogP) is 1.62. The molecular formula is C10H24N2. The highest BCUT2D eigenvalue weighted by Crippen LogP contribution is 2.27. The largest absolute Gasteiger partial charge is 0.319 e.